The average Bonchev–Trinajstić information content (AvgIpc) is 2.57. The number of fused-ring (bicyclic) bond motifs is 1. The molecule has 6 nitrogen and oxygen atoms in total. The van der Waals surface area contributed by atoms with E-state index in [1.807, 2.05) is 6.07 Å². The molecule has 1 N–H and O–H groups in total. The van der Waals surface area contributed by atoms with Gasteiger partial charge in [-0.3, -0.25) is 9.59 Å². The van der Waals surface area contributed by atoms with Gasteiger partial charge in [-0.05, 0) is 28.1 Å². The maximum atomic E-state index is 12.5. The molecular formula is C15H10BrN3O3. The van der Waals surface area contributed by atoms with Crippen molar-refractivity contribution in [1.29, 1.82) is 0 Å². The number of carbonyl (C=O) groups excluding carboxylic acids is 2. The first-order valence-electron chi connectivity index (χ1n) is 6.33. The highest BCUT2D eigenvalue weighted by Crippen LogP contribution is 2.31. The lowest BCUT2D eigenvalue weighted by molar-refractivity contribution is 0.0975. The summed E-state index contributed by atoms with van der Waals surface area (Å²) in [5.74, 6) is -0.235. The minimum Gasteiger partial charge on any atom is -0.495 e. The van der Waals surface area contributed by atoms with Gasteiger partial charge in [-0.2, -0.15) is 0 Å². The second-order valence-corrected chi connectivity index (χ2v) is 5.22. The van der Waals surface area contributed by atoms with Crippen LogP contribution >= 0.6 is 15.9 Å². The summed E-state index contributed by atoms with van der Waals surface area (Å²) >= 11 is 3.17. The van der Waals surface area contributed by atoms with Crippen LogP contribution in [0.4, 0.5) is 5.69 Å². The van der Waals surface area contributed by atoms with E-state index in [9.17, 15) is 9.59 Å². The number of anilines is 1. The molecule has 0 saturated carbocycles. The monoisotopic (exact) mass is 359 g/mol. The van der Waals surface area contributed by atoms with Gasteiger partial charge in [0.1, 0.15) is 22.8 Å². The second kappa shape index (κ2) is 5.69. The molecule has 7 heteroatoms. The van der Waals surface area contributed by atoms with Crippen molar-refractivity contribution in [2.24, 2.45) is 0 Å². The van der Waals surface area contributed by atoms with Crippen LogP contribution in [-0.4, -0.2) is 28.6 Å². The number of nitrogens with one attached hydrogen (secondary N) is 1. The van der Waals surface area contributed by atoms with Crippen LogP contribution in [-0.2, 0) is 0 Å². The van der Waals surface area contributed by atoms with E-state index in [1.54, 1.807) is 18.2 Å². The number of rotatable bonds is 3. The number of Topliss-reactive ketones (excluding diaryl/α,β-unsaturated/α-hetero) is 2. The number of methoxy groups -OCH3 is 1. The fourth-order valence-electron chi connectivity index (χ4n) is 2.10. The number of hydrogen-bond donors (Lipinski definition) is 1. The Kier molecular flexibility index (Phi) is 3.72. The van der Waals surface area contributed by atoms with Gasteiger partial charge in [-0.25, -0.2) is 9.97 Å². The van der Waals surface area contributed by atoms with Crippen LogP contribution in [0.25, 0.3) is 0 Å². The normalized spacial score (nSPS) is 13.9. The van der Waals surface area contributed by atoms with Crippen LogP contribution in [0.2, 0.25) is 0 Å². The van der Waals surface area contributed by atoms with E-state index in [0.717, 1.165) is 0 Å². The van der Waals surface area contributed by atoms with E-state index in [-0.39, 0.29) is 27.4 Å². The maximum absolute atomic E-state index is 12.5. The van der Waals surface area contributed by atoms with E-state index >= 15 is 0 Å². The molecule has 2 aromatic rings. The number of benzene rings is 1. The summed E-state index contributed by atoms with van der Waals surface area (Å²) in [6.07, 6.45) is 2.76. The minimum atomic E-state index is -0.402. The molecule has 0 bridgehead atoms. The number of carbonyl (C=O) groups is 2. The Morgan fingerprint density at radius 2 is 1.68 bits per heavy atom. The van der Waals surface area contributed by atoms with Crippen molar-refractivity contribution in [3.8, 4) is 5.75 Å². The number of ketones is 2. The molecule has 0 aliphatic heterocycles. The molecule has 110 valence electrons. The van der Waals surface area contributed by atoms with Gasteiger partial charge in [0, 0.05) is 12.4 Å². The van der Waals surface area contributed by atoms with Crippen LogP contribution < -0.4 is 10.1 Å². The topological polar surface area (TPSA) is 81.2 Å². The van der Waals surface area contributed by atoms with Gasteiger partial charge in [0.2, 0.25) is 11.6 Å². The molecule has 0 atom stereocenters. The Labute approximate surface area is 134 Å². The maximum Gasteiger partial charge on any atom is 0.231 e. The third-order valence-electron chi connectivity index (χ3n) is 3.14. The Bertz CT molecular complexity index is 817. The first kappa shape index (κ1) is 14.4. The number of allylic oxidation sites excluding steroid dienone is 2. The Balaban J connectivity index is 2.06. The number of halogens is 1. The van der Waals surface area contributed by atoms with Crippen molar-refractivity contribution in [3.63, 3.8) is 0 Å². The van der Waals surface area contributed by atoms with Crippen molar-refractivity contribution in [2.45, 2.75) is 0 Å². The van der Waals surface area contributed by atoms with Gasteiger partial charge in [-0.1, -0.05) is 12.1 Å². The highest BCUT2D eigenvalue weighted by Gasteiger charge is 2.33. The molecule has 1 aromatic carbocycles. The van der Waals surface area contributed by atoms with E-state index < -0.39 is 5.78 Å². The number of nitrogens with zero attached hydrogens (tertiary/aromatic N) is 2. The number of hydrogen-bond acceptors (Lipinski definition) is 6. The zero-order chi connectivity index (χ0) is 15.7. The van der Waals surface area contributed by atoms with Gasteiger partial charge in [-0.15, -0.1) is 0 Å². The predicted molar refractivity (Wildman–Crippen MR) is 83.3 cm³/mol. The summed E-state index contributed by atoms with van der Waals surface area (Å²) in [4.78, 5) is 32.7. The zero-order valence-electron chi connectivity index (χ0n) is 11.5. The molecule has 1 heterocycles. The third kappa shape index (κ3) is 2.29. The molecule has 1 aliphatic rings. The van der Waals surface area contributed by atoms with E-state index in [2.05, 4.69) is 31.2 Å². The van der Waals surface area contributed by atoms with E-state index in [4.69, 9.17) is 4.74 Å². The molecule has 0 saturated heterocycles. The fraction of sp³-hybridized carbons (Fsp3) is 0.0667. The lowest BCUT2D eigenvalue weighted by atomic mass is 10.0. The van der Waals surface area contributed by atoms with Crippen LogP contribution in [0, 0.1) is 0 Å². The van der Waals surface area contributed by atoms with Gasteiger partial charge in [0.15, 0.2) is 0 Å². The molecule has 0 radical (unpaired) electrons. The molecular weight excluding hydrogens is 350 g/mol. The van der Waals surface area contributed by atoms with Crippen molar-refractivity contribution in [3.05, 3.63) is 58.2 Å². The van der Waals surface area contributed by atoms with Crippen LogP contribution in [0.3, 0.4) is 0 Å². The van der Waals surface area contributed by atoms with E-state index in [0.29, 0.717) is 11.4 Å². The molecule has 0 fully saturated rings. The van der Waals surface area contributed by atoms with Gasteiger partial charge < -0.3 is 10.1 Å². The minimum absolute atomic E-state index is 0.0353. The first-order chi connectivity index (χ1) is 10.6. The van der Waals surface area contributed by atoms with E-state index in [1.165, 1.54) is 19.5 Å². The Hall–Kier alpha value is -2.54. The molecule has 0 amide bonds. The SMILES string of the molecule is COc1ccccc1NC1=C(Br)C(=O)c2nccnc2C1=O. The van der Waals surface area contributed by atoms with Crippen LogP contribution in [0.1, 0.15) is 21.0 Å². The quantitative estimate of drug-likeness (QED) is 0.906. The summed E-state index contributed by atoms with van der Waals surface area (Å²) in [7, 11) is 1.53. The summed E-state index contributed by atoms with van der Waals surface area (Å²) in [5.41, 5.74) is 0.769. The summed E-state index contributed by atoms with van der Waals surface area (Å²) in [6.45, 7) is 0. The second-order valence-electron chi connectivity index (χ2n) is 4.43. The molecule has 1 aromatic heterocycles. The van der Waals surface area contributed by atoms with Crippen LogP contribution in [0.15, 0.2) is 46.8 Å². The number of aromatic nitrogens is 2. The van der Waals surface area contributed by atoms with Crippen LogP contribution in [0.5, 0.6) is 5.75 Å². The van der Waals surface area contributed by atoms with Crippen molar-refractivity contribution >= 4 is 33.2 Å². The third-order valence-corrected chi connectivity index (χ3v) is 3.90. The van der Waals surface area contributed by atoms with Crippen molar-refractivity contribution < 1.29 is 14.3 Å². The number of para-hydroxylation sites is 2. The molecule has 0 unspecified atom stereocenters. The Morgan fingerprint density at radius 3 is 2.36 bits per heavy atom. The lowest BCUT2D eigenvalue weighted by Gasteiger charge is -2.18. The predicted octanol–water partition coefficient (Wildman–Crippen LogP) is 2.58. The molecule has 1 aliphatic carbocycles. The fourth-order valence-corrected chi connectivity index (χ4v) is 2.57. The summed E-state index contributed by atoms with van der Waals surface area (Å²) in [6, 6.07) is 7.10. The summed E-state index contributed by atoms with van der Waals surface area (Å²) in [5, 5.41) is 2.94. The lowest BCUT2D eigenvalue weighted by Crippen LogP contribution is -2.26. The zero-order valence-corrected chi connectivity index (χ0v) is 13.0. The molecule has 22 heavy (non-hydrogen) atoms. The highest BCUT2D eigenvalue weighted by molar-refractivity contribution is 9.12. The highest BCUT2D eigenvalue weighted by atomic mass is 79.9. The molecule has 0 spiro atoms. The Morgan fingerprint density at radius 1 is 1.05 bits per heavy atom. The van der Waals surface area contributed by atoms with Crippen molar-refractivity contribution in [1.82, 2.24) is 9.97 Å². The standard InChI is InChI=1S/C15H10BrN3O3/c1-22-9-5-3-2-4-8(9)19-11-10(16)14(20)12-13(15(11)21)18-7-6-17-12/h2-7,19H,1H3. The van der Waals surface area contributed by atoms with Gasteiger partial charge in [0.25, 0.3) is 0 Å². The van der Waals surface area contributed by atoms with Gasteiger partial charge >= 0.3 is 0 Å². The number of ether oxygens (including phenoxy) is 1. The average molecular weight is 360 g/mol. The van der Waals surface area contributed by atoms with Gasteiger partial charge in [0.05, 0.1) is 17.3 Å². The smallest absolute Gasteiger partial charge is 0.231 e. The largest absolute Gasteiger partial charge is 0.495 e. The molecule has 3 rings (SSSR count). The summed E-state index contributed by atoms with van der Waals surface area (Å²) < 4.78 is 5.35. The van der Waals surface area contributed by atoms with Crippen molar-refractivity contribution in [2.75, 3.05) is 12.4 Å². The first-order valence-corrected chi connectivity index (χ1v) is 7.13.